The number of methoxy groups -OCH3 is 1. The number of esters is 1. The number of carbonyl (C=O) groups excluding carboxylic acids is 2. The lowest BCUT2D eigenvalue weighted by Crippen LogP contribution is -2.16. The third-order valence-corrected chi connectivity index (χ3v) is 4.16. The summed E-state index contributed by atoms with van der Waals surface area (Å²) in [6.45, 7) is -0.622. The second-order valence-corrected chi connectivity index (χ2v) is 5.59. The van der Waals surface area contributed by atoms with Crippen molar-refractivity contribution in [2.45, 2.75) is 0 Å². The lowest BCUT2D eigenvalue weighted by Gasteiger charge is -2.07. The fourth-order valence-corrected chi connectivity index (χ4v) is 2.27. The second kappa shape index (κ2) is 7.79. The summed E-state index contributed by atoms with van der Waals surface area (Å²) in [6, 6.07) is 3.63. The van der Waals surface area contributed by atoms with E-state index in [1.165, 1.54) is 19.2 Å². The summed E-state index contributed by atoms with van der Waals surface area (Å²) in [7, 11) is 1.30. The third-order valence-electron chi connectivity index (χ3n) is 2.92. The highest BCUT2D eigenvalue weighted by atomic mass is 35.5. The molecule has 2 aromatic rings. The van der Waals surface area contributed by atoms with Crippen molar-refractivity contribution in [1.82, 2.24) is 4.98 Å². The van der Waals surface area contributed by atoms with Crippen molar-refractivity contribution in [2.24, 2.45) is 0 Å². The maximum Gasteiger partial charge on any atom is 0.358 e. The number of halogens is 4. The number of nitrogens with zero attached hydrogens (tertiary/aromatic N) is 1. The zero-order valence-electron chi connectivity index (χ0n) is 12.1. The highest BCUT2D eigenvalue weighted by Crippen LogP contribution is 2.31. The predicted octanol–water partition coefficient (Wildman–Crippen LogP) is 4.23. The molecule has 0 aliphatic rings. The first-order valence-electron chi connectivity index (χ1n) is 6.38. The maximum atomic E-state index is 13.6. The number of benzene rings is 1. The molecule has 0 amide bonds. The molecule has 1 heterocycles. The topological polar surface area (TPSA) is 65.5 Å². The lowest BCUT2D eigenvalue weighted by molar-refractivity contribution is 0.0469. The van der Waals surface area contributed by atoms with Crippen molar-refractivity contribution < 1.29 is 23.5 Å². The Hall–Kier alpha value is -1.89. The van der Waals surface area contributed by atoms with Crippen LogP contribution in [0.4, 0.5) is 4.39 Å². The number of hydrogen-bond donors (Lipinski definition) is 0. The maximum absolute atomic E-state index is 13.6. The van der Waals surface area contributed by atoms with Crippen molar-refractivity contribution in [1.29, 1.82) is 0 Å². The van der Waals surface area contributed by atoms with Gasteiger partial charge in [0.25, 0.3) is 0 Å². The molecule has 126 valence electrons. The average Bonchev–Trinajstić information content (AvgIpc) is 2.57. The highest BCUT2D eigenvalue weighted by Gasteiger charge is 2.20. The van der Waals surface area contributed by atoms with Gasteiger partial charge in [-0.2, -0.15) is 0 Å². The molecule has 0 saturated heterocycles. The molecule has 2 rings (SSSR count). The molecule has 0 bridgehead atoms. The number of ether oxygens (including phenoxy) is 2. The summed E-state index contributed by atoms with van der Waals surface area (Å²) in [6.07, 6.45) is 1.13. The van der Waals surface area contributed by atoms with E-state index in [9.17, 15) is 14.0 Å². The minimum atomic E-state index is -0.957. The summed E-state index contributed by atoms with van der Waals surface area (Å²) in [5.41, 5.74) is -0.255. The second-order valence-electron chi connectivity index (χ2n) is 4.43. The van der Waals surface area contributed by atoms with Crippen molar-refractivity contribution in [3.05, 3.63) is 56.5 Å². The Kier molecular flexibility index (Phi) is 5.99. The molecule has 0 spiro atoms. The van der Waals surface area contributed by atoms with Gasteiger partial charge in [0.1, 0.15) is 0 Å². The Balaban J connectivity index is 2.08. The van der Waals surface area contributed by atoms with Gasteiger partial charge in [0.2, 0.25) is 0 Å². The molecule has 0 atom stereocenters. The summed E-state index contributed by atoms with van der Waals surface area (Å²) >= 11 is 17.4. The van der Waals surface area contributed by atoms with Gasteiger partial charge in [-0.15, -0.1) is 0 Å². The van der Waals surface area contributed by atoms with Gasteiger partial charge in [-0.3, -0.25) is 4.79 Å². The average molecular weight is 393 g/mol. The number of ketones is 1. The number of pyridine rings is 1. The van der Waals surface area contributed by atoms with E-state index in [0.29, 0.717) is 0 Å². The molecule has 0 fully saturated rings. The molecule has 1 aromatic heterocycles. The van der Waals surface area contributed by atoms with Crippen LogP contribution < -0.4 is 4.74 Å². The van der Waals surface area contributed by atoms with Crippen LogP contribution in [0.2, 0.25) is 15.1 Å². The van der Waals surface area contributed by atoms with Gasteiger partial charge < -0.3 is 9.47 Å². The Morgan fingerprint density at radius 1 is 1.21 bits per heavy atom. The highest BCUT2D eigenvalue weighted by molar-refractivity contribution is 6.48. The monoisotopic (exact) mass is 391 g/mol. The van der Waals surface area contributed by atoms with E-state index in [2.05, 4.69) is 4.98 Å². The number of hydrogen-bond acceptors (Lipinski definition) is 5. The van der Waals surface area contributed by atoms with Crippen LogP contribution in [0.15, 0.2) is 24.4 Å². The number of Topliss-reactive ketones (excluding diaryl/α,β-unsaturated/α-hetero) is 1. The number of rotatable bonds is 5. The Morgan fingerprint density at radius 3 is 2.54 bits per heavy atom. The summed E-state index contributed by atoms with van der Waals surface area (Å²) in [5.74, 6) is -2.28. The van der Waals surface area contributed by atoms with E-state index in [1.807, 2.05) is 0 Å². The van der Waals surface area contributed by atoms with Crippen molar-refractivity contribution in [3.8, 4) is 5.75 Å². The van der Waals surface area contributed by atoms with Gasteiger partial charge in [0, 0.05) is 11.8 Å². The Bertz CT molecular complexity index is 814. The van der Waals surface area contributed by atoms with Crippen LogP contribution in [0.1, 0.15) is 20.8 Å². The van der Waals surface area contributed by atoms with Crippen molar-refractivity contribution in [2.75, 3.05) is 13.7 Å². The van der Waals surface area contributed by atoms with E-state index in [4.69, 9.17) is 44.3 Å². The van der Waals surface area contributed by atoms with Crippen LogP contribution in [0.25, 0.3) is 0 Å². The molecule has 24 heavy (non-hydrogen) atoms. The summed E-state index contributed by atoms with van der Waals surface area (Å²) in [5, 5.41) is -0.163. The third kappa shape index (κ3) is 3.95. The van der Waals surface area contributed by atoms with Crippen LogP contribution in [-0.4, -0.2) is 30.5 Å². The predicted molar refractivity (Wildman–Crippen MR) is 86.8 cm³/mol. The molecule has 5 nitrogen and oxygen atoms in total. The lowest BCUT2D eigenvalue weighted by atomic mass is 10.1. The van der Waals surface area contributed by atoms with Gasteiger partial charge in [-0.1, -0.05) is 34.8 Å². The Labute approximate surface area is 151 Å². The van der Waals surface area contributed by atoms with Crippen LogP contribution in [-0.2, 0) is 4.74 Å². The summed E-state index contributed by atoms with van der Waals surface area (Å²) < 4.78 is 23.1. The fraction of sp³-hybridized carbons (Fsp3) is 0.133. The van der Waals surface area contributed by atoms with E-state index in [-0.39, 0.29) is 32.1 Å². The first-order valence-corrected chi connectivity index (χ1v) is 7.52. The minimum Gasteiger partial charge on any atom is -0.494 e. The van der Waals surface area contributed by atoms with E-state index in [1.54, 1.807) is 0 Å². The number of aromatic nitrogens is 1. The van der Waals surface area contributed by atoms with Gasteiger partial charge in [0.15, 0.2) is 29.7 Å². The normalized spacial score (nSPS) is 10.4. The van der Waals surface area contributed by atoms with Crippen LogP contribution in [0.5, 0.6) is 5.75 Å². The SMILES string of the molecule is COc1ccc(C(=O)COC(=O)c2ncc(Cl)c(Cl)c2Cl)cc1F. The molecular formula is C15H9Cl3FNO4. The molecule has 1 aromatic carbocycles. The quantitative estimate of drug-likeness (QED) is 0.563. The van der Waals surface area contributed by atoms with Crippen LogP contribution >= 0.6 is 34.8 Å². The van der Waals surface area contributed by atoms with Gasteiger partial charge >= 0.3 is 5.97 Å². The van der Waals surface area contributed by atoms with E-state index < -0.39 is 24.2 Å². The van der Waals surface area contributed by atoms with E-state index in [0.717, 1.165) is 12.3 Å². The molecule has 0 radical (unpaired) electrons. The number of carbonyl (C=O) groups is 2. The molecule has 0 N–H and O–H groups in total. The molecule has 0 saturated carbocycles. The fourth-order valence-electron chi connectivity index (χ4n) is 1.71. The first-order chi connectivity index (χ1) is 11.3. The van der Waals surface area contributed by atoms with Gasteiger partial charge in [-0.05, 0) is 18.2 Å². The molecular weight excluding hydrogens is 384 g/mol. The van der Waals surface area contributed by atoms with Crippen LogP contribution in [0.3, 0.4) is 0 Å². The van der Waals surface area contributed by atoms with E-state index >= 15 is 0 Å². The molecule has 9 heteroatoms. The largest absolute Gasteiger partial charge is 0.494 e. The van der Waals surface area contributed by atoms with Crippen LogP contribution in [0, 0.1) is 5.82 Å². The van der Waals surface area contributed by atoms with Gasteiger partial charge in [0.05, 0.1) is 22.2 Å². The van der Waals surface area contributed by atoms with Crippen molar-refractivity contribution in [3.63, 3.8) is 0 Å². The molecule has 0 aliphatic heterocycles. The minimum absolute atomic E-state index is 0.00432. The molecule has 0 aliphatic carbocycles. The summed E-state index contributed by atoms with van der Waals surface area (Å²) in [4.78, 5) is 27.6. The zero-order valence-corrected chi connectivity index (χ0v) is 14.4. The zero-order chi connectivity index (χ0) is 17.9. The molecule has 0 unspecified atom stereocenters. The standard InChI is InChI=1S/C15H9Cl3FNO4/c1-23-11-3-2-7(4-9(11)19)10(21)6-24-15(22)14-13(18)12(17)8(16)5-20-14/h2-5H,6H2,1H3. The van der Waals surface area contributed by atoms with Gasteiger partial charge in [-0.25, -0.2) is 14.2 Å². The van der Waals surface area contributed by atoms with Crippen molar-refractivity contribution >= 4 is 46.6 Å². The first kappa shape index (κ1) is 18.4. The Morgan fingerprint density at radius 2 is 1.92 bits per heavy atom. The smallest absolute Gasteiger partial charge is 0.358 e.